The first kappa shape index (κ1) is 26.7. The van der Waals surface area contributed by atoms with Gasteiger partial charge in [-0.25, -0.2) is 0 Å². The molecule has 8 aromatic carbocycles. The molecule has 45 heavy (non-hydrogen) atoms. The monoisotopic (exact) mass is 573 g/mol. The lowest BCUT2D eigenvalue weighted by atomic mass is 9.96. The minimum atomic E-state index is 1.12. The predicted octanol–water partition coefficient (Wildman–Crippen LogP) is 12.5. The van der Waals surface area contributed by atoms with E-state index in [4.69, 9.17) is 0 Å². The maximum atomic E-state index is 2.43. The molecule has 8 aromatic rings. The van der Waals surface area contributed by atoms with Gasteiger partial charge in [-0.15, -0.1) is 0 Å². The highest BCUT2D eigenvalue weighted by atomic mass is 15.1. The highest BCUT2D eigenvalue weighted by molar-refractivity contribution is 6.02. The lowest BCUT2D eigenvalue weighted by Gasteiger charge is -2.29. The maximum absolute atomic E-state index is 2.43. The molecule has 0 saturated carbocycles. The zero-order valence-electron chi connectivity index (χ0n) is 24.8. The molecule has 0 fully saturated rings. The van der Waals surface area contributed by atoms with Crippen LogP contribution in [-0.2, 0) is 0 Å². The molecule has 1 nitrogen and oxygen atoms in total. The number of benzene rings is 8. The standard InChI is InChI=1S/C44H31N/c1-2-13-32(14-3-1)33-27-29-36(30-28-33)42-23-8-9-25-43(42)45(44-26-12-18-35-16-5-7-22-41(35)44)38-20-10-19-37(31-38)40-24-11-17-34-15-4-6-21-39(34)40/h1-31H. The molecule has 0 aliphatic heterocycles. The van der Waals surface area contributed by atoms with Crippen molar-refractivity contribution in [2.45, 2.75) is 0 Å². The fourth-order valence-corrected chi connectivity index (χ4v) is 6.49. The normalized spacial score (nSPS) is 11.1. The lowest BCUT2D eigenvalue weighted by molar-refractivity contribution is 1.30. The highest BCUT2D eigenvalue weighted by Crippen LogP contribution is 2.44. The van der Waals surface area contributed by atoms with E-state index in [1.54, 1.807) is 0 Å². The molecule has 0 heterocycles. The van der Waals surface area contributed by atoms with Gasteiger partial charge in [0.05, 0.1) is 11.4 Å². The van der Waals surface area contributed by atoms with Crippen LogP contribution in [0, 0.1) is 0 Å². The Kier molecular flexibility index (Phi) is 6.90. The van der Waals surface area contributed by atoms with E-state index in [0.29, 0.717) is 0 Å². The Morgan fingerprint density at radius 2 is 0.800 bits per heavy atom. The number of hydrogen-bond donors (Lipinski definition) is 0. The second-order valence-electron chi connectivity index (χ2n) is 11.4. The van der Waals surface area contributed by atoms with Gasteiger partial charge in [-0.05, 0) is 68.2 Å². The third-order valence-corrected chi connectivity index (χ3v) is 8.66. The molecule has 0 radical (unpaired) electrons. The molecule has 0 unspecified atom stereocenters. The van der Waals surface area contributed by atoms with Gasteiger partial charge in [-0.1, -0.05) is 164 Å². The number of anilines is 3. The van der Waals surface area contributed by atoms with E-state index in [0.717, 1.165) is 17.1 Å². The molecule has 0 aliphatic rings. The smallest absolute Gasteiger partial charge is 0.0540 e. The van der Waals surface area contributed by atoms with E-state index >= 15 is 0 Å². The Morgan fingerprint density at radius 1 is 0.289 bits per heavy atom. The Bertz CT molecular complexity index is 2250. The van der Waals surface area contributed by atoms with Gasteiger partial charge in [0.2, 0.25) is 0 Å². The van der Waals surface area contributed by atoms with Gasteiger partial charge in [0.15, 0.2) is 0 Å². The zero-order chi connectivity index (χ0) is 30.0. The van der Waals surface area contributed by atoms with Gasteiger partial charge in [-0.3, -0.25) is 0 Å². The van der Waals surface area contributed by atoms with Crippen molar-refractivity contribution in [3.05, 3.63) is 188 Å². The van der Waals surface area contributed by atoms with Crippen LogP contribution in [0.4, 0.5) is 17.1 Å². The summed E-state index contributed by atoms with van der Waals surface area (Å²) >= 11 is 0. The SMILES string of the molecule is c1ccc(-c2ccc(-c3ccccc3N(c3cccc(-c4cccc5ccccc45)c3)c3cccc4ccccc34)cc2)cc1. The van der Waals surface area contributed by atoms with Gasteiger partial charge in [0, 0.05) is 16.6 Å². The molecule has 0 bridgehead atoms. The summed E-state index contributed by atoms with van der Waals surface area (Å²) in [6.07, 6.45) is 0. The summed E-state index contributed by atoms with van der Waals surface area (Å²) in [5.74, 6) is 0. The molecule has 0 amide bonds. The summed E-state index contributed by atoms with van der Waals surface area (Å²) < 4.78 is 0. The van der Waals surface area contributed by atoms with Crippen LogP contribution in [-0.4, -0.2) is 0 Å². The van der Waals surface area contributed by atoms with E-state index in [2.05, 4.69) is 193 Å². The fourth-order valence-electron chi connectivity index (χ4n) is 6.49. The maximum Gasteiger partial charge on any atom is 0.0540 e. The Hall–Kier alpha value is -5.92. The van der Waals surface area contributed by atoms with Gasteiger partial charge in [0.25, 0.3) is 0 Å². The summed E-state index contributed by atoms with van der Waals surface area (Å²) in [5.41, 5.74) is 10.6. The Labute approximate surface area is 264 Å². The molecular weight excluding hydrogens is 542 g/mol. The van der Waals surface area contributed by atoms with Gasteiger partial charge in [-0.2, -0.15) is 0 Å². The molecule has 0 atom stereocenters. The van der Waals surface area contributed by atoms with Crippen molar-refractivity contribution in [2.24, 2.45) is 0 Å². The lowest BCUT2D eigenvalue weighted by Crippen LogP contribution is -2.12. The van der Waals surface area contributed by atoms with Crippen molar-refractivity contribution in [1.82, 2.24) is 0 Å². The summed E-state index contributed by atoms with van der Waals surface area (Å²) in [7, 11) is 0. The second kappa shape index (κ2) is 11.6. The first-order valence-electron chi connectivity index (χ1n) is 15.4. The Morgan fingerprint density at radius 3 is 1.62 bits per heavy atom. The van der Waals surface area contributed by atoms with Crippen molar-refractivity contribution in [1.29, 1.82) is 0 Å². The molecular formula is C44H31N. The summed E-state index contributed by atoms with van der Waals surface area (Å²) in [4.78, 5) is 2.43. The molecule has 0 aliphatic carbocycles. The topological polar surface area (TPSA) is 3.24 Å². The first-order chi connectivity index (χ1) is 22.3. The summed E-state index contributed by atoms with van der Waals surface area (Å²) in [6.45, 7) is 0. The molecule has 212 valence electrons. The highest BCUT2D eigenvalue weighted by Gasteiger charge is 2.20. The summed E-state index contributed by atoms with van der Waals surface area (Å²) in [6, 6.07) is 67.7. The quantitative estimate of drug-likeness (QED) is 0.191. The van der Waals surface area contributed by atoms with Crippen molar-refractivity contribution in [2.75, 3.05) is 4.90 Å². The minimum Gasteiger partial charge on any atom is -0.309 e. The molecule has 0 N–H and O–H groups in total. The number of para-hydroxylation sites is 1. The predicted molar refractivity (Wildman–Crippen MR) is 192 cm³/mol. The zero-order valence-corrected chi connectivity index (χ0v) is 24.8. The second-order valence-corrected chi connectivity index (χ2v) is 11.4. The molecule has 0 spiro atoms. The summed E-state index contributed by atoms with van der Waals surface area (Å²) in [5, 5.41) is 4.93. The number of rotatable bonds is 6. The van der Waals surface area contributed by atoms with Crippen LogP contribution in [0.25, 0.3) is 54.9 Å². The van der Waals surface area contributed by atoms with Crippen molar-refractivity contribution in [3.8, 4) is 33.4 Å². The van der Waals surface area contributed by atoms with Crippen LogP contribution in [0.5, 0.6) is 0 Å². The van der Waals surface area contributed by atoms with Crippen LogP contribution >= 0.6 is 0 Å². The number of fused-ring (bicyclic) bond motifs is 2. The number of hydrogen-bond acceptors (Lipinski definition) is 1. The van der Waals surface area contributed by atoms with Crippen LogP contribution < -0.4 is 4.90 Å². The van der Waals surface area contributed by atoms with E-state index in [9.17, 15) is 0 Å². The van der Waals surface area contributed by atoms with Crippen molar-refractivity contribution < 1.29 is 0 Å². The van der Waals surface area contributed by atoms with Crippen LogP contribution in [0.2, 0.25) is 0 Å². The average Bonchev–Trinajstić information content (AvgIpc) is 3.12. The molecule has 1 heteroatoms. The molecule has 0 aromatic heterocycles. The van der Waals surface area contributed by atoms with Crippen LogP contribution in [0.15, 0.2) is 188 Å². The number of nitrogens with zero attached hydrogens (tertiary/aromatic N) is 1. The first-order valence-corrected chi connectivity index (χ1v) is 15.4. The third kappa shape index (κ3) is 5.05. The van der Waals surface area contributed by atoms with Crippen LogP contribution in [0.3, 0.4) is 0 Å². The van der Waals surface area contributed by atoms with E-state index in [1.807, 2.05) is 0 Å². The van der Waals surface area contributed by atoms with Gasteiger partial charge < -0.3 is 4.90 Å². The van der Waals surface area contributed by atoms with E-state index in [1.165, 1.54) is 54.9 Å². The average molecular weight is 574 g/mol. The van der Waals surface area contributed by atoms with Crippen molar-refractivity contribution >= 4 is 38.6 Å². The van der Waals surface area contributed by atoms with E-state index < -0.39 is 0 Å². The minimum absolute atomic E-state index is 1.12. The Balaban J connectivity index is 1.32. The molecule has 8 rings (SSSR count). The third-order valence-electron chi connectivity index (χ3n) is 8.66. The van der Waals surface area contributed by atoms with Gasteiger partial charge in [0.1, 0.15) is 0 Å². The van der Waals surface area contributed by atoms with E-state index in [-0.39, 0.29) is 0 Å². The van der Waals surface area contributed by atoms with Crippen molar-refractivity contribution in [3.63, 3.8) is 0 Å². The fraction of sp³-hybridized carbons (Fsp3) is 0. The largest absolute Gasteiger partial charge is 0.309 e. The van der Waals surface area contributed by atoms with Gasteiger partial charge >= 0.3 is 0 Å². The molecule has 0 saturated heterocycles. The van der Waals surface area contributed by atoms with Crippen LogP contribution in [0.1, 0.15) is 0 Å².